The molecule has 3 heteroatoms. The topological polar surface area (TPSA) is 29.1 Å². The van der Waals surface area contributed by atoms with E-state index < -0.39 is 0 Å². The van der Waals surface area contributed by atoms with Gasteiger partial charge < -0.3 is 5.32 Å². The molecule has 2 aromatic rings. The summed E-state index contributed by atoms with van der Waals surface area (Å²) in [5, 5.41) is 5.18. The van der Waals surface area contributed by atoms with Crippen molar-refractivity contribution in [3.63, 3.8) is 0 Å². The summed E-state index contributed by atoms with van der Waals surface area (Å²) >= 11 is 3.52. The third kappa shape index (κ3) is 2.03. The van der Waals surface area contributed by atoms with Crippen LogP contribution in [-0.2, 0) is 0 Å². The van der Waals surface area contributed by atoms with Crippen LogP contribution in [0.5, 0.6) is 0 Å². The van der Waals surface area contributed by atoms with Crippen LogP contribution in [0.4, 0.5) is 0 Å². The summed E-state index contributed by atoms with van der Waals surface area (Å²) in [6.45, 7) is 0. The summed E-state index contributed by atoms with van der Waals surface area (Å²) in [6, 6.07) is 12.2. The van der Waals surface area contributed by atoms with Gasteiger partial charge in [-0.2, -0.15) is 0 Å². The number of benzene rings is 2. The van der Waals surface area contributed by atoms with Gasteiger partial charge in [0.15, 0.2) is 0 Å². The third-order valence-corrected chi connectivity index (χ3v) is 4.25. The number of hydrogen-bond donors (Lipinski definition) is 1. The monoisotopic (exact) mass is 303 g/mol. The number of halogens is 1. The molecule has 0 aromatic heterocycles. The molecule has 2 nitrogen and oxygen atoms in total. The predicted molar refractivity (Wildman–Crippen MR) is 76.8 cm³/mol. The fourth-order valence-electron chi connectivity index (χ4n) is 2.29. The highest BCUT2D eigenvalue weighted by molar-refractivity contribution is 9.10. The van der Waals surface area contributed by atoms with Crippen molar-refractivity contribution in [3.05, 3.63) is 46.4 Å². The van der Waals surface area contributed by atoms with Crippen LogP contribution in [0.25, 0.3) is 10.8 Å². The summed E-state index contributed by atoms with van der Waals surface area (Å²) in [5.74, 6) is 0.0448. The van der Waals surface area contributed by atoms with Gasteiger partial charge in [-0.15, -0.1) is 0 Å². The molecule has 18 heavy (non-hydrogen) atoms. The van der Waals surface area contributed by atoms with Crippen molar-refractivity contribution in [2.75, 3.05) is 0 Å². The van der Waals surface area contributed by atoms with Crippen LogP contribution >= 0.6 is 15.9 Å². The predicted octanol–water partition coefficient (Wildman–Crippen LogP) is 3.88. The van der Waals surface area contributed by atoms with Gasteiger partial charge in [-0.1, -0.05) is 40.2 Å². The van der Waals surface area contributed by atoms with Gasteiger partial charge in [0.1, 0.15) is 0 Å². The van der Waals surface area contributed by atoms with Crippen LogP contribution in [-0.4, -0.2) is 11.9 Å². The van der Waals surface area contributed by atoms with Gasteiger partial charge in [0, 0.05) is 16.1 Å². The molecule has 0 aliphatic heterocycles. The van der Waals surface area contributed by atoms with E-state index in [-0.39, 0.29) is 5.91 Å². The number of nitrogens with one attached hydrogen (secondary N) is 1. The van der Waals surface area contributed by atoms with E-state index in [1.54, 1.807) is 0 Å². The summed E-state index contributed by atoms with van der Waals surface area (Å²) < 4.78 is 1.03. The maximum absolute atomic E-state index is 12.2. The first-order valence-corrected chi connectivity index (χ1v) is 7.03. The highest BCUT2D eigenvalue weighted by Crippen LogP contribution is 2.27. The highest BCUT2D eigenvalue weighted by atomic mass is 79.9. The number of rotatable bonds is 2. The molecule has 1 saturated carbocycles. The maximum atomic E-state index is 12.2. The molecule has 0 saturated heterocycles. The Labute approximate surface area is 115 Å². The largest absolute Gasteiger partial charge is 0.349 e. The summed E-state index contributed by atoms with van der Waals surface area (Å²) in [5.41, 5.74) is 0.765. The lowest BCUT2D eigenvalue weighted by Gasteiger charge is -2.26. The Morgan fingerprint density at radius 2 is 1.83 bits per heavy atom. The zero-order chi connectivity index (χ0) is 12.5. The molecule has 92 valence electrons. The highest BCUT2D eigenvalue weighted by Gasteiger charge is 2.21. The fraction of sp³-hybridized carbons (Fsp3) is 0.267. The van der Waals surface area contributed by atoms with Gasteiger partial charge in [-0.25, -0.2) is 0 Å². The van der Waals surface area contributed by atoms with Crippen LogP contribution in [0.1, 0.15) is 29.6 Å². The van der Waals surface area contributed by atoms with Crippen molar-refractivity contribution in [1.82, 2.24) is 5.32 Å². The summed E-state index contributed by atoms with van der Waals surface area (Å²) in [6.07, 6.45) is 3.45. The van der Waals surface area contributed by atoms with E-state index in [1.807, 2.05) is 36.4 Å². The molecule has 1 amide bonds. The molecule has 0 spiro atoms. The molecule has 0 heterocycles. The Hall–Kier alpha value is -1.35. The molecule has 1 N–H and O–H groups in total. The van der Waals surface area contributed by atoms with E-state index in [4.69, 9.17) is 0 Å². The Morgan fingerprint density at radius 1 is 1.11 bits per heavy atom. The van der Waals surface area contributed by atoms with Gasteiger partial charge in [0.25, 0.3) is 5.91 Å². The van der Waals surface area contributed by atoms with Crippen molar-refractivity contribution >= 4 is 32.6 Å². The number of fused-ring (bicyclic) bond motifs is 1. The lowest BCUT2D eigenvalue weighted by molar-refractivity contribution is 0.0918. The second-order valence-electron chi connectivity index (χ2n) is 4.74. The molecule has 0 atom stereocenters. The third-order valence-electron chi connectivity index (χ3n) is 3.55. The first-order chi connectivity index (χ1) is 8.75. The SMILES string of the molecule is O=C(NC1CCC1)c1cccc2c(Br)cccc12. The van der Waals surface area contributed by atoms with Crippen molar-refractivity contribution < 1.29 is 4.79 Å². The Balaban J connectivity index is 2.00. The van der Waals surface area contributed by atoms with Crippen molar-refractivity contribution in [3.8, 4) is 0 Å². The van der Waals surface area contributed by atoms with E-state index in [1.165, 1.54) is 6.42 Å². The zero-order valence-electron chi connectivity index (χ0n) is 9.95. The minimum atomic E-state index is 0.0448. The minimum absolute atomic E-state index is 0.0448. The first kappa shape index (κ1) is 11.7. The second kappa shape index (κ2) is 4.73. The zero-order valence-corrected chi connectivity index (χ0v) is 11.5. The lowest BCUT2D eigenvalue weighted by Crippen LogP contribution is -2.39. The number of amides is 1. The number of hydrogen-bond acceptors (Lipinski definition) is 1. The van der Waals surface area contributed by atoms with Crippen molar-refractivity contribution in [2.45, 2.75) is 25.3 Å². The van der Waals surface area contributed by atoms with E-state index >= 15 is 0 Å². The van der Waals surface area contributed by atoms with Crippen molar-refractivity contribution in [1.29, 1.82) is 0 Å². The minimum Gasteiger partial charge on any atom is -0.349 e. The second-order valence-corrected chi connectivity index (χ2v) is 5.60. The van der Waals surface area contributed by atoms with Gasteiger partial charge in [0.2, 0.25) is 0 Å². The normalized spacial score (nSPS) is 15.4. The van der Waals surface area contributed by atoms with E-state index in [0.29, 0.717) is 6.04 Å². The summed E-state index contributed by atoms with van der Waals surface area (Å²) in [4.78, 5) is 12.2. The molecule has 1 fully saturated rings. The van der Waals surface area contributed by atoms with Gasteiger partial charge in [-0.3, -0.25) is 4.79 Å². The van der Waals surface area contributed by atoms with Gasteiger partial charge >= 0.3 is 0 Å². The maximum Gasteiger partial charge on any atom is 0.252 e. The fourth-order valence-corrected chi connectivity index (χ4v) is 2.78. The molecule has 3 rings (SSSR count). The Kier molecular flexibility index (Phi) is 3.08. The standard InChI is InChI=1S/C15H14BrNO/c16-14-9-3-6-11-12(14)7-2-8-13(11)15(18)17-10-4-1-5-10/h2-3,6-10H,1,4-5H2,(H,17,18). The van der Waals surface area contributed by atoms with Crippen LogP contribution in [0.15, 0.2) is 40.9 Å². The summed E-state index contributed by atoms with van der Waals surface area (Å²) in [7, 11) is 0. The lowest BCUT2D eigenvalue weighted by atomic mass is 9.92. The molecule has 0 bridgehead atoms. The number of carbonyl (C=O) groups excluding carboxylic acids is 1. The van der Waals surface area contributed by atoms with Crippen LogP contribution in [0.3, 0.4) is 0 Å². The molecule has 0 radical (unpaired) electrons. The van der Waals surface area contributed by atoms with Gasteiger partial charge in [0.05, 0.1) is 0 Å². The van der Waals surface area contributed by atoms with Crippen LogP contribution < -0.4 is 5.32 Å². The molecule has 2 aromatic carbocycles. The van der Waals surface area contributed by atoms with E-state index in [9.17, 15) is 4.79 Å². The van der Waals surface area contributed by atoms with Crippen molar-refractivity contribution in [2.24, 2.45) is 0 Å². The average Bonchev–Trinajstić information content (AvgIpc) is 2.33. The molecule has 1 aliphatic rings. The first-order valence-electron chi connectivity index (χ1n) is 6.24. The van der Waals surface area contributed by atoms with Crippen LogP contribution in [0.2, 0.25) is 0 Å². The van der Waals surface area contributed by atoms with Crippen LogP contribution in [0, 0.1) is 0 Å². The number of carbonyl (C=O) groups is 1. The molecular formula is C15H14BrNO. The Bertz CT molecular complexity index is 604. The van der Waals surface area contributed by atoms with Gasteiger partial charge in [-0.05, 0) is 42.2 Å². The van der Waals surface area contributed by atoms with E-state index in [0.717, 1.165) is 33.7 Å². The average molecular weight is 304 g/mol. The molecule has 0 unspecified atom stereocenters. The smallest absolute Gasteiger partial charge is 0.252 e. The molecular weight excluding hydrogens is 290 g/mol. The quantitative estimate of drug-likeness (QED) is 0.896. The van der Waals surface area contributed by atoms with E-state index in [2.05, 4.69) is 21.2 Å². The Morgan fingerprint density at radius 3 is 2.56 bits per heavy atom. The molecule has 1 aliphatic carbocycles.